The molecule has 0 fully saturated rings. The van der Waals surface area contributed by atoms with E-state index in [4.69, 9.17) is 4.74 Å². The summed E-state index contributed by atoms with van der Waals surface area (Å²) in [5.74, 6) is 0.768. The van der Waals surface area contributed by atoms with E-state index in [0.29, 0.717) is 11.5 Å². The van der Waals surface area contributed by atoms with Crippen LogP contribution in [-0.2, 0) is 4.74 Å². The predicted molar refractivity (Wildman–Crippen MR) is 62.6 cm³/mol. The highest BCUT2D eigenvalue weighted by Crippen LogP contribution is 2.24. The summed E-state index contributed by atoms with van der Waals surface area (Å²) >= 11 is 0. The first-order valence-corrected chi connectivity index (χ1v) is 5.59. The van der Waals surface area contributed by atoms with Crippen molar-refractivity contribution < 1.29 is 4.74 Å². The topological polar surface area (TPSA) is 21.3 Å². The minimum atomic E-state index is 0.385. The Hall–Kier alpha value is -0.0800. The summed E-state index contributed by atoms with van der Waals surface area (Å²) in [7, 11) is 1.75. The minimum absolute atomic E-state index is 0.385. The quantitative estimate of drug-likeness (QED) is 0.684. The summed E-state index contributed by atoms with van der Waals surface area (Å²) in [5, 5.41) is 3.50. The standard InChI is InChI=1S/C12H27NO/c1-10(2)7-12(4,5)9-13-11(3)8-14-6/h10-11,13H,7-9H2,1-6H3. The molecule has 2 nitrogen and oxygen atoms in total. The molecule has 0 rings (SSSR count). The third-order valence-corrected chi connectivity index (χ3v) is 2.31. The number of rotatable bonds is 7. The fraction of sp³-hybridized carbons (Fsp3) is 1.00. The van der Waals surface area contributed by atoms with E-state index in [-0.39, 0.29) is 0 Å². The van der Waals surface area contributed by atoms with Crippen molar-refractivity contribution >= 4 is 0 Å². The molecule has 0 saturated heterocycles. The van der Waals surface area contributed by atoms with E-state index in [1.165, 1.54) is 6.42 Å². The highest BCUT2D eigenvalue weighted by atomic mass is 16.5. The number of hydrogen-bond donors (Lipinski definition) is 1. The van der Waals surface area contributed by atoms with E-state index in [0.717, 1.165) is 19.1 Å². The highest BCUT2D eigenvalue weighted by molar-refractivity contribution is 4.74. The second-order valence-corrected chi connectivity index (χ2v) is 5.50. The lowest BCUT2D eigenvalue weighted by Gasteiger charge is -2.28. The van der Waals surface area contributed by atoms with Crippen LogP contribution in [0.2, 0.25) is 0 Å². The first-order chi connectivity index (χ1) is 6.37. The van der Waals surface area contributed by atoms with E-state index in [2.05, 4.69) is 39.9 Å². The van der Waals surface area contributed by atoms with Crippen molar-refractivity contribution in [3.63, 3.8) is 0 Å². The zero-order valence-electron chi connectivity index (χ0n) is 10.7. The maximum atomic E-state index is 5.09. The van der Waals surface area contributed by atoms with Crippen LogP contribution in [0.25, 0.3) is 0 Å². The van der Waals surface area contributed by atoms with Crippen LogP contribution >= 0.6 is 0 Å². The molecule has 0 aromatic rings. The van der Waals surface area contributed by atoms with E-state index in [1.54, 1.807) is 7.11 Å². The van der Waals surface area contributed by atoms with Gasteiger partial charge in [0.2, 0.25) is 0 Å². The van der Waals surface area contributed by atoms with Crippen LogP contribution in [0.15, 0.2) is 0 Å². The molecule has 0 aliphatic heterocycles. The number of hydrogen-bond acceptors (Lipinski definition) is 2. The van der Waals surface area contributed by atoms with Crippen molar-refractivity contribution in [1.82, 2.24) is 5.32 Å². The van der Waals surface area contributed by atoms with Gasteiger partial charge in [-0.2, -0.15) is 0 Å². The van der Waals surface area contributed by atoms with Gasteiger partial charge in [0.25, 0.3) is 0 Å². The Balaban J connectivity index is 3.74. The summed E-state index contributed by atoms with van der Waals surface area (Å²) in [6.07, 6.45) is 1.26. The van der Waals surface area contributed by atoms with Gasteiger partial charge in [-0.3, -0.25) is 0 Å². The van der Waals surface area contributed by atoms with Crippen LogP contribution in [0.4, 0.5) is 0 Å². The maximum Gasteiger partial charge on any atom is 0.0613 e. The molecule has 0 saturated carbocycles. The Morgan fingerprint density at radius 2 is 1.79 bits per heavy atom. The van der Waals surface area contributed by atoms with Crippen LogP contribution in [0.1, 0.15) is 41.0 Å². The summed E-state index contributed by atoms with van der Waals surface area (Å²) in [4.78, 5) is 0. The molecule has 0 radical (unpaired) electrons. The van der Waals surface area contributed by atoms with Crippen LogP contribution in [0, 0.1) is 11.3 Å². The monoisotopic (exact) mass is 201 g/mol. The Labute approximate surface area is 89.4 Å². The largest absolute Gasteiger partial charge is 0.383 e. The molecule has 0 aliphatic rings. The fourth-order valence-corrected chi connectivity index (χ4v) is 1.94. The van der Waals surface area contributed by atoms with Crippen LogP contribution in [0.3, 0.4) is 0 Å². The number of nitrogens with one attached hydrogen (secondary N) is 1. The lowest BCUT2D eigenvalue weighted by Crippen LogP contribution is -2.38. The Morgan fingerprint density at radius 1 is 1.21 bits per heavy atom. The molecule has 0 aromatic heterocycles. The minimum Gasteiger partial charge on any atom is -0.383 e. The van der Waals surface area contributed by atoms with Gasteiger partial charge in [-0.1, -0.05) is 27.7 Å². The van der Waals surface area contributed by atoms with Crippen molar-refractivity contribution in [2.75, 3.05) is 20.3 Å². The van der Waals surface area contributed by atoms with Gasteiger partial charge < -0.3 is 10.1 Å². The van der Waals surface area contributed by atoms with Crippen LogP contribution in [0.5, 0.6) is 0 Å². The molecular weight excluding hydrogens is 174 g/mol. The molecule has 14 heavy (non-hydrogen) atoms. The zero-order chi connectivity index (χ0) is 11.2. The molecule has 0 aromatic carbocycles. The zero-order valence-corrected chi connectivity index (χ0v) is 10.7. The van der Waals surface area contributed by atoms with Gasteiger partial charge >= 0.3 is 0 Å². The van der Waals surface area contributed by atoms with Gasteiger partial charge in [-0.25, -0.2) is 0 Å². The molecule has 1 unspecified atom stereocenters. The molecular formula is C12H27NO. The molecule has 0 bridgehead atoms. The van der Waals surface area contributed by atoms with E-state index >= 15 is 0 Å². The van der Waals surface area contributed by atoms with Crippen molar-refractivity contribution in [3.8, 4) is 0 Å². The molecule has 1 atom stereocenters. The fourth-order valence-electron chi connectivity index (χ4n) is 1.94. The van der Waals surface area contributed by atoms with Crippen LogP contribution in [-0.4, -0.2) is 26.3 Å². The van der Waals surface area contributed by atoms with Gasteiger partial charge in [0, 0.05) is 19.7 Å². The van der Waals surface area contributed by atoms with Crippen molar-refractivity contribution in [3.05, 3.63) is 0 Å². The Morgan fingerprint density at radius 3 is 2.21 bits per heavy atom. The molecule has 86 valence electrons. The van der Waals surface area contributed by atoms with Crippen molar-refractivity contribution in [2.24, 2.45) is 11.3 Å². The van der Waals surface area contributed by atoms with Gasteiger partial charge in [0.15, 0.2) is 0 Å². The summed E-state index contributed by atoms with van der Waals surface area (Å²) in [6.45, 7) is 13.2. The van der Waals surface area contributed by atoms with Gasteiger partial charge in [0.05, 0.1) is 6.61 Å². The summed E-state index contributed by atoms with van der Waals surface area (Å²) < 4.78 is 5.09. The molecule has 1 N–H and O–H groups in total. The van der Waals surface area contributed by atoms with Gasteiger partial charge in [-0.15, -0.1) is 0 Å². The Bertz CT molecular complexity index is 143. The molecule has 0 aliphatic carbocycles. The summed E-state index contributed by atoms with van der Waals surface area (Å²) in [6, 6.07) is 0.450. The second-order valence-electron chi connectivity index (χ2n) is 5.50. The molecule has 0 heterocycles. The predicted octanol–water partition coefficient (Wildman–Crippen LogP) is 2.68. The smallest absolute Gasteiger partial charge is 0.0613 e. The molecule has 0 amide bonds. The first-order valence-electron chi connectivity index (χ1n) is 5.59. The third-order valence-electron chi connectivity index (χ3n) is 2.31. The van der Waals surface area contributed by atoms with Crippen molar-refractivity contribution in [2.45, 2.75) is 47.1 Å². The Kier molecular flexibility index (Phi) is 6.38. The van der Waals surface area contributed by atoms with Crippen LogP contribution < -0.4 is 5.32 Å². The second kappa shape index (κ2) is 6.41. The normalized spacial score (nSPS) is 14.8. The average Bonchev–Trinajstić information content (AvgIpc) is 1.99. The SMILES string of the molecule is COCC(C)NCC(C)(C)CC(C)C. The lowest BCUT2D eigenvalue weighted by atomic mass is 9.84. The van der Waals surface area contributed by atoms with E-state index in [9.17, 15) is 0 Å². The van der Waals surface area contributed by atoms with Gasteiger partial charge in [-0.05, 0) is 24.7 Å². The maximum absolute atomic E-state index is 5.09. The summed E-state index contributed by atoms with van der Waals surface area (Å²) in [5.41, 5.74) is 0.385. The third kappa shape index (κ3) is 7.34. The van der Waals surface area contributed by atoms with Gasteiger partial charge in [0.1, 0.15) is 0 Å². The average molecular weight is 201 g/mol. The highest BCUT2D eigenvalue weighted by Gasteiger charge is 2.19. The molecule has 2 heteroatoms. The van der Waals surface area contributed by atoms with E-state index in [1.807, 2.05) is 0 Å². The number of ether oxygens (including phenoxy) is 1. The number of methoxy groups -OCH3 is 1. The van der Waals surface area contributed by atoms with E-state index < -0.39 is 0 Å². The first kappa shape index (κ1) is 13.9. The molecule has 0 spiro atoms. The van der Waals surface area contributed by atoms with Crippen molar-refractivity contribution in [1.29, 1.82) is 0 Å². The lowest BCUT2D eigenvalue weighted by molar-refractivity contribution is 0.161.